The molecule has 0 aliphatic heterocycles. The van der Waals surface area contributed by atoms with Crippen LogP contribution in [0.15, 0.2) is 6.07 Å². The summed E-state index contributed by atoms with van der Waals surface area (Å²) in [5.74, 6) is -1.75. The number of anilines is 1. The third-order valence-corrected chi connectivity index (χ3v) is 3.22. The molecule has 0 saturated heterocycles. The van der Waals surface area contributed by atoms with E-state index in [1.807, 2.05) is 0 Å². The normalized spacial score (nSPS) is 9.78. The van der Waals surface area contributed by atoms with Crippen LogP contribution in [0.2, 0.25) is 0 Å². The molecule has 23 heavy (non-hydrogen) atoms. The molecule has 0 fully saturated rings. The summed E-state index contributed by atoms with van der Waals surface area (Å²) in [4.78, 5) is 35.9. The fraction of sp³-hybridized carbons (Fsp3) is 0.357. The minimum atomic E-state index is -0.564. The van der Waals surface area contributed by atoms with E-state index in [0.717, 1.165) is 0 Å². The highest BCUT2D eigenvalue weighted by molar-refractivity contribution is 6.29. The molecule has 0 aliphatic carbocycles. The van der Waals surface area contributed by atoms with Gasteiger partial charge in [0.05, 0.1) is 19.8 Å². The van der Waals surface area contributed by atoms with Crippen molar-refractivity contribution in [2.75, 3.05) is 39.5 Å². The number of hydrogen-bond acceptors (Lipinski definition) is 5. The van der Waals surface area contributed by atoms with E-state index in [9.17, 15) is 14.4 Å². The monoisotopic (exact) mass is 343 g/mol. The highest BCUT2D eigenvalue weighted by Crippen LogP contribution is 2.39. The molecular formula is C14H18ClN3O5. The lowest BCUT2D eigenvalue weighted by Crippen LogP contribution is -2.25. The second kappa shape index (κ2) is 8.23. The third kappa shape index (κ3) is 3.84. The number of methoxy groups -OCH3 is 2. The molecular weight excluding hydrogens is 326 g/mol. The van der Waals surface area contributed by atoms with Gasteiger partial charge >= 0.3 is 0 Å². The van der Waals surface area contributed by atoms with E-state index in [2.05, 4.69) is 16.0 Å². The van der Waals surface area contributed by atoms with Crippen molar-refractivity contribution in [3.63, 3.8) is 0 Å². The Bertz CT molecular complexity index is 633. The van der Waals surface area contributed by atoms with Crippen molar-refractivity contribution in [2.24, 2.45) is 0 Å². The first kappa shape index (κ1) is 18.6. The van der Waals surface area contributed by atoms with Crippen molar-refractivity contribution in [1.82, 2.24) is 10.6 Å². The van der Waals surface area contributed by atoms with Crippen LogP contribution in [0.25, 0.3) is 0 Å². The maximum atomic E-state index is 12.2. The molecule has 1 aromatic rings. The van der Waals surface area contributed by atoms with Crippen molar-refractivity contribution in [2.45, 2.75) is 0 Å². The van der Waals surface area contributed by atoms with Gasteiger partial charge in [0.25, 0.3) is 11.8 Å². The number of benzene rings is 1. The zero-order valence-electron chi connectivity index (χ0n) is 13.2. The number of nitrogens with one attached hydrogen (secondary N) is 3. The van der Waals surface area contributed by atoms with Crippen molar-refractivity contribution in [3.8, 4) is 11.5 Å². The topological polar surface area (TPSA) is 106 Å². The lowest BCUT2D eigenvalue weighted by molar-refractivity contribution is -0.113. The lowest BCUT2D eigenvalue weighted by atomic mass is 10.0. The van der Waals surface area contributed by atoms with Gasteiger partial charge in [0.1, 0.15) is 22.9 Å². The lowest BCUT2D eigenvalue weighted by Gasteiger charge is -2.19. The standard InChI is InChI=1S/C14H18ClN3O5/c1-16-13(20)7-5-8(22-3)10(14(21)17-2)11(12(7)23-4)18-9(19)6-15/h5H,6H2,1-4H3,(H,16,20)(H,17,21)(H,18,19). The van der Waals surface area contributed by atoms with Crippen LogP contribution in [-0.4, -0.2) is 51.9 Å². The Balaban J connectivity index is 3.76. The van der Waals surface area contributed by atoms with Crippen LogP contribution >= 0.6 is 11.6 Å². The van der Waals surface area contributed by atoms with Crippen molar-refractivity contribution >= 4 is 35.0 Å². The number of amides is 3. The molecule has 3 amide bonds. The Morgan fingerprint density at radius 2 is 1.70 bits per heavy atom. The summed E-state index contributed by atoms with van der Waals surface area (Å²) in [7, 11) is 5.53. The Hall–Kier alpha value is -2.48. The van der Waals surface area contributed by atoms with Gasteiger partial charge in [-0.3, -0.25) is 14.4 Å². The number of halogens is 1. The summed E-state index contributed by atoms with van der Waals surface area (Å²) in [5, 5.41) is 7.37. The van der Waals surface area contributed by atoms with Crippen LogP contribution in [-0.2, 0) is 4.79 Å². The number of hydrogen-bond donors (Lipinski definition) is 3. The van der Waals surface area contributed by atoms with Crippen LogP contribution in [0.1, 0.15) is 20.7 Å². The third-order valence-electron chi connectivity index (χ3n) is 2.98. The molecule has 0 spiro atoms. The van der Waals surface area contributed by atoms with E-state index < -0.39 is 17.7 Å². The summed E-state index contributed by atoms with van der Waals surface area (Å²) in [6.07, 6.45) is 0. The fourth-order valence-electron chi connectivity index (χ4n) is 1.96. The molecule has 0 radical (unpaired) electrons. The summed E-state index contributed by atoms with van der Waals surface area (Å²) < 4.78 is 10.4. The molecule has 0 heterocycles. The Labute approximate surface area is 138 Å². The van der Waals surface area contributed by atoms with E-state index in [1.165, 1.54) is 34.4 Å². The largest absolute Gasteiger partial charge is 0.496 e. The zero-order chi connectivity index (χ0) is 17.6. The van der Waals surface area contributed by atoms with Crippen molar-refractivity contribution < 1.29 is 23.9 Å². The SMILES string of the molecule is CNC(=O)c1cc(OC)c(C(=O)NC)c(NC(=O)CCl)c1OC. The van der Waals surface area contributed by atoms with Crippen LogP contribution in [0.5, 0.6) is 11.5 Å². The highest BCUT2D eigenvalue weighted by Gasteiger charge is 2.27. The first-order chi connectivity index (χ1) is 10.9. The fourth-order valence-corrected chi connectivity index (χ4v) is 2.03. The smallest absolute Gasteiger partial charge is 0.257 e. The molecule has 1 aromatic carbocycles. The van der Waals surface area contributed by atoms with Gasteiger partial charge in [0, 0.05) is 14.1 Å². The van der Waals surface area contributed by atoms with Crippen LogP contribution in [0.4, 0.5) is 5.69 Å². The van der Waals surface area contributed by atoms with Gasteiger partial charge in [-0.2, -0.15) is 0 Å². The molecule has 3 N–H and O–H groups in total. The average molecular weight is 344 g/mol. The van der Waals surface area contributed by atoms with Crippen LogP contribution < -0.4 is 25.4 Å². The highest BCUT2D eigenvalue weighted by atomic mass is 35.5. The van der Waals surface area contributed by atoms with Gasteiger partial charge in [-0.25, -0.2) is 0 Å². The predicted octanol–water partition coefficient (Wildman–Crippen LogP) is 0.600. The molecule has 9 heteroatoms. The summed E-state index contributed by atoms with van der Waals surface area (Å²) in [6, 6.07) is 1.36. The minimum Gasteiger partial charge on any atom is -0.496 e. The quantitative estimate of drug-likeness (QED) is 0.656. The molecule has 1 rings (SSSR count). The van der Waals surface area contributed by atoms with E-state index in [-0.39, 0.29) is 34.2 Å². The maximum absolute atomic E-state index is 12.2. The first-order valence-corrected chi connectivity index (χ1v) is 7.07. The number of ether oxygens (including phenoxy) is 2. The molecule has 0 unspecified atom stereocenters. The van der Waals surface area contributed by atoms with Crippen molar-refractivity contribution in [3.05, 3.63) is 17.2 Å². The van der Waals surface area contributed by atoms with Gasteiger partial charge < -0.3 is 25.4 Å². The molecule has 0 aromatic heterocycles. The molecule has 0 atom stereocenters. The number of rotatable bonds is 6. The molecule has 8 nitrogen and oxygen atoms in total. The first-order valence-electron chi connectivity index (χ1n) is 6.54. The van der Waals surface area contributed by atoms with Gasteiger partial charge in [-0.1, -0.05) is 0 Å². The van der Waals surface area contributed by atoms with Gasteiger partial charge in [0.15, 0.2) is 5.75 Å². The van der Waals surface area contributed by atoms with Crippen LogP contribution in [0.3, 0.4) is 0 Å². The van der Waals surface area contributed by atoms with Crippen LogP contribution in [0, 0.1) is 0 Å². The molecule has 126 valence electrons. The Kier molecular flexibility index (Phi) is 6.65. The zero-order valence-corrected chi connectivity index (χ0v) is 14.0. The Morgan fingerprint density at radius 1 is 1.09 bits per heavy atom. The number of alkyl halides is 1. The van der Waals surface area contributed by atoms with Gasteiger partial charge in [-0.05, 0) is 6.07 Å². The molecule has 0 bridgehead atoms. The summed E-state index contributed by atoms with van der Waals surface area (Å²) in [5.41, 5.74) is 0.137. The van der Waals surface area contributed by atoms with Gasteiger partial charge in [-0.15, -0.1) is 11.6 Å². The summed E-state index contributed by atoms with van der Waals surface area (Å²) >= 11 is 5.50. The van der Waals surface area contributed by atoms with Gasteiger partial charge in [0.2, 0.25) is 5.91 Å². The van der Waals surface area contributed by atoms with E-state index in [1.54, 1.807) is 0 Å². The molecule has 0 saturated carbocycles. The predicted molar refractivity (Wildman–Crippen MR) is 85.7 cm³/mol. The summed E-state index contributed by atoms with van der Waals surface area (Å²) in [6.45, 7) is 0. The number of carbonyl (C=O) groups excluding carboxylic acids is 3. The minimum absolute atomic E-state index is 0.00968. The van der Waals surface area contributed by atoms with Crippen molar-refractivity contribution in [1.29, 1.82) is 0 Å². The van der Waals surface area contributed by atoms with E-state index in [0.29, 0.717) is 0 Å². The number of carbonyl (C=O) groups is 3. The molecule has 0 aliphatic rings. The average Bonchev–Trinajstić information content (AvgIpc) is 2.58. The second-order valence-corrected chi connectivity index (χ2v) is 4.52. The Morgan fingerprint density at radius 3 is 2.13 bits per heavy atom. The van der Waals surface area contributed by atoms with E-state index >= 15 is 0 Å². The second-order valence-electron chi connectivity index (χ2n) is 4.25. The maximum Gasteiger partial charge on any atom is 0.257 e. The van der Waals surface area contributed by atoms with E-state index in [4.69, 9.17) is 21.1 Å².